The lowest BCUT2D eigenvalue weighted by atomic mass is 9.75. The maximum atomic E-state index is 8.78. The Kier molecular flexibility index (Phi) is 6.51. The molecule has 0 bridgehead atoms. The first-order chi connectivity index (χ1) is 12.7. The lowest BCUT2D eigenvalue weighted by Gasteiger charge is -2.30. The highest BCUT2D eigenvalue weighted by atomic mass is 14.3. The van der Waals surface area contributed by atoms with Crippen LogP contribution in [-0.2, 0) is 6.42 Å². The van der Waals surface area contributed by atoms with Crippen molar-refractivity contribution in [2.45, 2.75) is 64.7 Å². The third-order valence-electron chi connectivity index (χ3n) is 6.23. The van der Waals surface area contributed by atoms with Crippen molar-refractivity contribution in [3.63, 3.8) is 0 Å². The lowest BCUT2D eigenvalue weighted by molar-refractivity contribution is 0.273. The number of hydrogen-bond acceptors (Lipinski definition) is 1. The summed E-state index contributed by atoms with van der Waals surface area (Å²) in [6.07, 6.45) is 8.72. The molecule has 0 radical (unpaired) electrons. The zero-order chi connectivity index (χ0) is 18.4. The molecule has 136 valence electrons. The molecule has 0 N–H and O–H groups in total. The quantitative estimate of drug-likeness (QED) is 0.546. The third kappa shape index (κ3) is 4.76. The van der Waals surface area contributed by atoms with Crippen LogP contribution in [-0.4, -0.2) is 0 Å². The highest BCUT2D eigenvalue weighted by molar-refractivity contribution is 5.64. The van der Waals surface area contributed by atoms with Gasteiger partial charge in [0.25, 0.3) is 0 Å². The Bertz CT molecular complexity index is 712. The monoisotopic (exact) mass is 345 g/mol. The Balaban J connectivity index is 1.59. The van der Waals surface area contributed by atoms with Crippen LogP contribution in [0.3, 0.4) is 0 Å². The Morgan fingerprint density at radius 1 is 0.923 bits per heavy atom. The first-order valence-corrected chi connectivity index (χ1v) is 10.3. The molecule has 26 heavy (non-hydrogen) atoms. The molecule has 0 saturated heterocycles. The number of nitrogens with zero attached hydrogens (tertiary/aromatic N) is 1. The van der Waals surface area contributed by atoms with Crippen LogP contribution in [0.15, 0.2) is 48.5 Å². The lowest BCUT2D eigenvalue weighted by Crippen LogP contribution is -2.15. The van der Waals surface area contributed by atoms with Gasteiger partial charge in [-0.15, -0.1) is 0 Å². The van der Waals surface area contributed by atoms with E-state index in [0.29, 0.717) is 6.42 Å². The molecule has 1 saturated carbocycles. The molecule has 1 fully saturated rings. The predicted molar refractivity (Wildman–Crippen MR) is 110 cm³/mol. The third-order valence-corrected chi connectivity index (χ3v) is 6.23. The molecule has 1 heteroatoms. The number of rotatable bonds is 6. The molecule has 1 aliphatic carbocycles. The summed E-state index contributed by atoms with van der Waals surface area (Å²) in [7, 11) is 0. The topological polar surface area (TPSA) is 23.8 Å². The second kappa shape index (κ2) is 9.04. The van der Waals surface area contributed by atoms with Gasteiger partial charge in [-0.05, 0) is 72.1 Å². The van der Waals surface area contributed by atoms with Crippen molar-refractivity contribution in [1.29, 1.82) is 5.26 Å². The van der Waals surface area contributed by atoms with Crippen LogP contribution in [0.2, 0.25) is 0 Å². The molecule has 2 aromatic rings. The summed E-state index contributed by atoms with van der Waals surface area (Å²) in [5.41, 5.74) is 5.09. The van der Waals surface area contributed by atoms with E-state index in [1.807, 2.05) is 0 Å². The highest BCUT2D eigenvalue weighted by Gasteiger charge is 2.23. The molecule has 3 rings (SSSR count). The molecule has 0 heterocycles. The van der Waals surface area contributed by atoms with Crippen molar-refractivity contribution < 1.29 is 0 Å². The van der Waals surface area contributed by atoms with Crippen LogP contribution in [0.25, 0.3) is 11.1 Å². The Hall–Kier alpha value is -2.07. The smallest absolute Gasteiger partial charge is 0.0669 e. The van der Waals surface area contributed by atoms with Gasteiger partial charge in [0.05, 0.1) is 12.5 Å². The fourth-order valence-electron chi connectivity index (χ4n) is 4.32. The minimum Gasteiger partial charge on any atom is -0.198 e. The molecule has 1 aliphatic rings. The van der Waals surface area contributed by atoms with E-state index >= 15 is 0 Å². The van der Waals surface area contributed by atoms with Crippen molar-refractivity contribution in [2.75, 3.05) is 0 Å². The summed E-state index contributed by atoms with van der Waals surface area (Å²) < 4.78 is 0. The van der Waals surface area contributed by atoms with Gasteiger partial charge in [-0.3, -0.25) is 0 Å². The van der Waals surface area contributed by atoms with Crippen molar-refractivity contribution in [1.82, 2.24) is 0 Å². The van der Waals surface area contributed by atoms with Crippen molar-refractivity contribution in [3.05, 3.63) is 59.7 Å². The predicted octanol–water partition coefficient (Wildman–Crippen LogP) is 7.13. The van der Waals surface area contributed by atoms with Crippen LogP contribution in [0.5, 0.6) is 0 Å². The summed E-state index contributed by atoms with van der Waals surface area (Å²) in [6, 6.07) is 19.8. The molecule has 1 unspecified atom stereocenters. The zero-order valence-electron chi connectivity index (χ0n) is 16.2. The number of hydrogen-bond donors (Lipinski definition) is 0. The van der Waals surface area contributed by atoms with E-state index in [2.05, 4.69) is 68.4 Å². The molecule has 2 aromatic carbocycles. The average Bonchev–Trinajstić information content (AvgIpc) is 2.69. The summed E-state index contributed by atoms with van der Waals surface area (Å²) in [4.78, 5) is 0. The van der Waals surface area contributed by atoms with Gasteiger partial charge >= 0.3 is 0 Å². The molecule has 1 atom stereocenters. The fourth-order valence-corrected chi connectivity index (χ4v) is 4.32. The minimum atomic E-state index is 0.485. The SMILES string of the molecule is CCC(C)CC1CCC(c2ccc(-c3ccc(CC#N)cc3)cc2)CC1. The van der Waals surface area contributed by atoms with Crippen LogP contribution < -0.4 is 0 Å². The molecule has 1 nitrogen and oxygen atoms in total. The summed E-state index contributed by atoms with van der Waals surface area (Å²) in [5, 5.41) is 8.78. The van der Waals surface area contributed by atoms with Crippen molar-refractivity contribution in [2.24, 2.45) is 11.8 Å². The van der Waals surface area contributed by atoms with Crippen molar-refractivity contribution in [3.8, 4) is 17.2 Å². The first kappa shape index (κ1) is 18.7. The Morgan fingerprint density at radius 2 is 1.50 bits per heavy atom. The number of nitriles is 1. The summed E-state index contributed by atoms with van der Waals surface area (Å²) >= 11 is 0. The van der Waals surface area contributed by atoms with Gasteiger partial charge in [0.2, 0.25) is 0 Å². The molecule has 0 spiro atoms. The van der Waals surface area contributed by atoms with E-state index in [1.165, 1.54) is 55.2 Å². The Morgan fingerprint density at radius 3 is 2.04 bits per heavy atom. The second-order valence-electron chi connectivity index (χ2n) is 8.12. The molecule has 0 aromatic heterocycles. The van der Waals surface area contributed by atoms with E-state index in [4.69, 9.17) is 5.26 Å². The maximum absolute atomic E-state index is 8.78. The molecule has 0 aliphatic heterocycles. The van der Waals surface area contributed by atoms with E-state index in [1.54, 1.807) is 0 Å². The molecular formula is C25H31N. The zero-order valence-corrected chi connectivity index (χ0v) is 16.2. The van der Waals surface area contributed by atoms with Gasteiger partial charge in [0.1, 0.15) is 0 Å². The van der Waals surface area contributed by atoms with Gasteiger partial charge < -0.3 is 0 Å². The molecule has 0 amide bonds. The minimum absolute atomic E-state index is 0.485. The second-order valence-corrected chi connectivity index (χ2v) is 8.12. The fraction of sp³-hybridized carbons (Fsp3) is 0.480. The largest absolute Gasteiger partial charge is 0.198 e. The van der Waals surface area contributed by atoms with Crippen LogP contribution in [0, 0.1) is 23.2 Å². The normalized spacial score (nSPS) is 21.1. The first-order valence-electron chi connectivity index (χ1n) is 10.3. The summed E-state index contributed by atoms with van der Waals surface area (Å²) in [5.74, 6) is 2.58. The number of benzene rings is 2. The van der Waals surface area contributed by atoms with E-state index < -0.39 is 0 Å². The van der Waals surface area contributed by atoms with Crippen molar-refractivity contribution >= 4 is 0 Å². The van der Waals surface area contributed by atoms with Crippen LogP contribution >= 0.6 is 0 Å². The maximum Gasteiger partial charge on any atom is 0.0669 e. The van der Waals surface area contributed by atoms with E-state index in [0.717, 1.165) is 23.3 Å². The van der Waals surface area contributed by atoms with Crippen LogP contribution in [0.1, 0.15) is 69.4 Å². The van der Waals surface area contributed by atoms with Crippen LogP contribution in [0.4, 0.5) is 0 Å². The van der Waals surface area contributed by atoms with Gasteiger partial charge in [-0.1, -0.05) is 68.8 Å². The van der Waals surface area contributed by atoms with Gasteiger partial charge in [0, 0.05) is 0 Å². The van der Waals surface area contributed by atoms with Gasteiger partial charge in [-0.2, -0.15) is 5.26 Å². The van der Waals surface area contributed by atoms with Gasteiger partial charge in [-0.25, -0.2) is 0 Å². The Labute approximate surface area is 159 Å². The van der Waals surface area contributed by atoms with Gasteiger partial charge in [0.15, 0.2) is 0 Å². The highest BCUT2D eigenvalue weighted by Crippen LogP contribution is 2.39. The van der Waals surface area contributed by atoms with E-state index in [9.17, 15) is 0 Å². The molecular weight excluding hydrogens is 314 g/mol. The van der Waals surface area contributed by atoms with E-state index in [-0.39, 0.29) is 0 Å². The summed E-state index contributed by atoms with van der Waals surface area (Å²) in [6.45, 7) is 4.71. The average molecular weight is 346 g/mol. The standard InChI is InChI=1S/C25H31N/c1-3-19(2)18-21-6-10-23(11-7-21)25-14-12-24(13-15-25)22-8-4-20(5-9-22)16-17-26/h4-5,8-9,12-15,19,21,23H,3,6-7,10-11,16,18H2,1-2H3.